The first-order valence-electron chi connectivity index (χ1n) is 14.4. The van der Waals surface area contributed by atoms with Gasteiger partial charge in [-0.3, -0.25) is 4.79 Å². The molecule has 43 heavy (non-hydrogen) atoms. The van der Waals surface area contributed by atoms with Crippen molar-refractivity contribution in [2.24, 2.45) is 5.16 Å². The predicted octanol–water partition coefficient (Wildman–Crippen LogP) is 7.69. The van der Waals surface area contributed by atoms with E-state index >= 15 is 0 Å². The highest BCUT2D eigenvalue weighted by atomic mass is 19.4. The van der Waals surface area contributed by atoms with Gasteiger partial charge in [0.2, 0.25) is 0 Å². The molecule has 1 fully saturated rings. The molecule has 1 aliphatic heterocycles. The summed E-state index contributed by atoms with van der Waals surface area (Å²) in [4.78, 5) is 30.1. The molecule has 5 rings (SSSR count). The minimum atomic E-state index is -4.76. The topological polar surface area (TPSA) is 79.1 Å². The van der Waals surface area contributed by atoms with Gasteiger partial charge in [-0.25, -0.2) is 4.79 Å². The summed E-state index contributed by atoms with van der Waals surface area (Å²) < 4.78 is 55.7. The van der Waals surface area contributed by atoms with Gasteiger partial charge in [0.1, 0.15) is 5.75 Å². The number of carbonyl (C=O) groups excluding carboxylic acids is 2. The van der Waals surface area contributed by atoms with Crippen LogP contribution in [0.25, 0.3) is 21.8 Å². The smallest absolute Gasteiger partial charge is 0.417 e. The number of fused-ring (bicyclic) bond motifs is 3. The van der Waals surface area contributed by atoms with E-state index in [9.17, 15) is 22.8 Å². The summed E-state index contributed by atoms with van der Waals surface area (Å²) in [5, 5.41) is 5.44. The highest BCUT2D eigenvalue weighted by Gasteiger charge is 2.36. The van der Waals surface area contributed by atoms with Crippen LogP contribution in [0.2, 0.25) is 0 Å². The minimum absolute atomic E-state index is 0.0533. The van der Waals surface area contributed by atoms with Gasteiger partial charge in [0, 0.05) is 58.9 Å². The molecular formula is C33H33F3N2O5. The number of benzene rings is 3. The molecule has 1 saturated heterocycles. The molecule has 0 N–H and O–H groups in total. The van der Waals surface area contributed by atoms with Crippen LogP contribution < -0.4 is 4.74 Å². The number of oxime groups is 1. The summed E-state index contributed by atoms with van der Waals surface area (Å²) in [6.45, 7) is 6.93. The van der Waals surface area contributed by atoms with E-state index in [0.717, 1.165) is 35.3 Å². The van der Waals surface area contributed by atoms with Gasteiger partial charge in [0.25, 0.3) is 0 Å². The minimum Gasteiger partial charge on any atom is -0.493 e. The number of ketones is 1. The van der Waals surface area contributed by atoms with Crippen LogP contribution in [0.15, 0.2) is 59.8 Å². The highest BCUT2D eigenvalue weighted by Crippen LogP contribution is 2.37. The summed E-state index contributed by atoms with van der Waals surface area (Å²) in [7, 11) is 0. The van der Waals surface area contributed by atoms with Crippen molar-refractivity contribution in [3.8, 4) is 5.75 Å². The molecule has 0 saturated carbocycles. The second kappa shape index (κ2) is 12.6. The largest absolute Gasteiger partial charge is 0.493 e. The number of hydrogen-bond donors (Lipinski definition) is 0. The van der Waals surface area contributed by atoms with Crippen molar-refractivity contribution in [2.45, 2.75) is 65.3 Å². The summed E-state index contributed by atoms with van der Waals surface area (Å²) in [5.41, 5.74) is 1.57. The molecule has 10 heteroatoms. The third-order valence-corrected chi connectivity index (χ3v) is 7.71. The highest BCUT2D eigenvalue weighted by molar-refractivity contribution is 6.16. The zero-order valence-electron chi connectivity index (χ0n) is 24.3. The fourth-order valence-corrected chi connectivity index (χ4v) is 5.43. The monoisotopic (exact) mass is 594 g/mol. The number of rotatable bonds is 10. The van der Waals surface area contributed by atoms with E-state index in [2.05, 4.69) is 9.72 Å². The molecule has 0 spiro atoms. The van der Waals surface area contributed by atoms with Crippen LogP contribution >= 0.6 is 0 Å². The number of alkyl halides is 3. The number of ether oxygens (including phenoxy) is 2. The Morgan fingerprint density at radius 1 is 1.00 bits per heavy atom. The third-order valence-electron chi connectivity index (χ3n) is 7.71. The van der Waals surface area contributed by atoms with Crippen LogP contribution in [-0.2, 0) is 27.1 Å². The van der Waals surface area contributed by atoms with Crippen molar-refractivity contribution in [1.82, 2.24) is 4.57 Å². The Labute approximate surface area is 247 Å². The standard InChI is InChI=1S/C33H33F3N2O5/c1-4-31(39)43-37-20(3)21-8-12-29-26(17-21)27-18-22(9-13-30(27)38(29)5-2)32(40)25-11-10-24(19-28(25)33(34,35)36)42-16-14-23-7-6-15-41-23/h8-13,17-19,23H,4-7,14-16H2,1-3H3/b37-20+. The summed E-state index contributed by atoms with van der Waals surface area (Å²) in [6, 6.07) is 14.1. The lowest BCUT2D eigenvalue weighted by Crippen LogP contribution is -2.15. The molecule has 7 nitrogen and oxygen atoms in total. The van der Waals surface area contributed by atoms with Crippen molar-refractivity contribution in [3.63, 3.8) is 0 Å². The number of aryl methyl sites for hydroxylation is 1. The van der Waals surface area contributed by atoms with Crippen molar-refractivity contribution in [2.75, 3.05) is 13.2 Å². The van der Waals surface area contributed by atoms with Gasteiger partial charge in [-0.1, -0.05) is 18.1 Å². The molecule has 3 aromatic carbocycles. The van der Waals surface area contributed by atoms with Gasteiger partial charge in [-0.05, 0) is 80.8 Å². The van der Waals surface area contributed by atoms with Crippen LogP contribution in [0.1, 0.15) is 73.5 Å². The average molecular weight is 595 g/mol. The fraction of sp³-hybridized carbons (Fsp3) is 0.364. The van der Waals surface area contributed by atoms with Crippen LogP contribution in [0.5, 0.6) is 5.75 Å². The Kier molecular flexibility index (Phi) is 8.87. The van der Waals surface area contributed by atoms with Crippen molar-refractivity contribution < 1.29 is 37.1 Å². The predicted molar refractivity (Wildman–Crippen MR) is 158 cm³/mol. The van der Waals surface area contributed by atoms with Crippen LogP contribution in [0.3, 0.4) is 0 Å². The van der Waals surface area contributed by atoms with Crippen LogP contribution in [0, 0.1) is 0 Å². The fourth-order valence-electron chi connectivity index (χ4n) is 5.43. The average Bonchev–Trinajstić information content (AvgIpc) is 3.64. The molecular weight excluding hydrogens is 561 g/mol. The molecule has 0 radical (unpaired) electrons. The third kappa shape index (κ3) is 6.44. The maximum absolute atomic E-state index is 14.2. The maximum Gasteiger partial charge on any atom is 0.417 e. The van der Waals surface area contributed by atoms with E-state index < -0.39 is 29.1 Å². The number of carbonyl (C=O) groups is 2. The second-order valence-corrected chi connectivity index (χ2v) is 10.5. The van der Waals surface area contributed by atoms with E-state index in [0.29, 0.717) is 36.2 Å². The molecule has 0 aliphatic carbocycles. The van der Waals surface area contributed by atoms with Gasteiger partial charge in [0.15, 0.2) is 5.78 Å². The number of hydrogen-bond acceptors (Lipinski definition) is 6. The zero-order chi connectivity index (χ0) is 30.7. The van der Waals surface area contributed by atoms with Crippen LogP contribution in [0.4, 0.5) is 13.2 Å². The first-order valence-corrected chi connectivity index (χ1v) is 14.4. The Hall–Kier alpha value is -4.18. The van der Waals surface area contributed by atoms with E-state index in [1.807, 2.05) is 25.1 Å². The first kappa shape index (κ1) is 30.3. The summed E-state index contributed by atoms with van der Waals surface area (Å²) >= 11 is 0. The Morgan fingerprint density at radius 2 is 1.70 bits per heavy atom. The van der Waals surface area contributed by atoms with E-state index in [1.165, 1.54) is 12.1 Å². The van der Waals surface area contributed by atoms with Crippen LogP contribution in [-0.4, -0.2) is 41.3 Å². The van der Waals surface area contributed by atoms with Gasteiger partial charge in [-0.15, -0.1) is 0 Å². The molecule has 1 unspecified atom stereocenters. The molecule has 2 heterocycles. The van der Waals surface area contributed by atoms with Crippen molar-refractivity contribution >= 4 is 39.3 Å². The molecule has 1 aromatic heterocycles. The molecule has 1 aliphatic rings. The van der Waals surface area contributed by atoms with Gasteiger partial charge in [0.05, 0.1) is 24.0 Å². The Bertz CT molecular complexity index is 1700. The van der Waals surface area contributed by atoms with E-state index in [-0.39, 0.29) is 30.4 Å². The number of halogens is 3. The van der Waals surface area contributed by atoms with Gasteiger partial charge in [-0.2, -0.15) is 13.2 Å². The van der Waals surface area contributed by atoms with E-state index in [4.69, 9.17) is 14.3 Å². The van der Waals surface area contributed by atoms with Gasteiger partial charge >= 0.3 is 12.1 Å². The van der Waals surface area contributed by atoms with Crippen molar-refractivity contribution in [1.29, 1.82) is 0 Å². The quantitative estimate of drug-likeness (QED) is 0.0814. The normalized spacial score (nSPS) is 15.8. The SMILES string of the molecule is CCC(=O)O/N=C(\C)c1ccc2c(c1)c1cc(C(=O)c3ccc(OCCC4CCCO4)cc3C(F)(F)F)ccc1n2CC. The molecule has 4 aromatic rings. The first-order chi connectivity index (χ1) is 20.6. The summed E-state index contributed by atoms with van der Waals surface area (Å²) in [6.07, 6.45) is -2.04. The molecule has 226 valence electrons. The van der Waals surface area contributed by atoms with Crippen molar-refractivity contribution in [3.05, 3.63) is 76.9 Å². The number of nitrogens with zero attached hydrogens (tertiary/aromatic N) is 2. The lowest BCUT2D eigenvalue weighted by Gasteiger charge is -2.15. The summed E-state index contributed by atoms with van der Waals surface area (Å²) in [5.74, 6) is -1.14. The Balaban J connectivity index is 1.49. The molecule has 1 atom stereocenters. The lowest BCUT2D eigenvalue weighted by atomic mass is 9.96. The second-order valence-electron chi connectivity index (χ2n) is 10.5. The molecule has 0 amide bonds. The maximum atomic E-state index is 14.2. The zero-order valence-corrected chi connectivity index (χ0v) is 24.3. The lowest BCUT2D eigenvalue weighted by molar-refractivity contribution is -0.143. The van der Waals surface area contributed by atoms with Gasteiger partial charge < -0.3 is 18.9 Å². The number of aromatic nitrogens is 1. The molecule has 0 bridgehead atoms. The van der Waals surface area contributed by atoms with E-state index in [1.54, 1.807) is 32.0 Å². The Morgan fingerprint density at radius 3 is 2.33 bits per heavy atom.